The molecular weight excluding hydrogens is 321 g/mol. The van der Waals surface area contributed by atoms with Crippen molar-refractivity contribution in [3.8, 4) is 5.75 Å². The highest BCUT2D eigenvalue weighted by Crippen LogP contribution is 2.26. The van der Waals surface area contributed by atoms with Crippen molar-refractivity contribution in [1.82, 2.24) is 5.32 Å². The van der Waals surface area contributed by atoms with E-state index in [2.05, 4.69) is 40.3 Å². The van der Waals surface area contributed by atoms with Crippen molar-refractivity contribution in [2.24, 2.45) is 0 Å². The van der Waals surface area contributed by atoms with E-state index < -0.39 is 0 Å². The Hall–Kier alpha value is -1.39. The van der Waals surface area contributed by atoms with Crippen molar-refractivity contribution in [1.29, 1.82) is 0 Å². The molecule has 0 unspecified atom stereocenters. The summed E-state index contributed by atoms with van der Waals surface area (Å²) in [6.45, 7) is 4.28. The lowest BCUT2D eigenvalue weighted by Gasteiger charge is -2.10. The van der Waals surface area contributed by atoms with E-state index in [1.54, 1.807) is 6.07 Å². The minimum Gasteiger partial charge on any atom is -0.488 e. The molecule has 2 aromatic carbocycles. The highest BCUT2D eigenvalue weighted by atomic mass is 79.9. The van der Waals surface area contributed by atoms with Crippen LogP contribution >= 0.6 is 15.9 Å². The van der Waals surface area contributed by atoms with Gasteiger partial charge in [0, 0.05) is 12.6 Å². The first-order valence-corrected chi connectivity index (χ1v) is 7.34. The lowest BCUT2D eigenvalue weighted by Crippen LogP contribution is -2.11. The average Bonchev–Trinajstić information content (AvgIpc) is 2.46. The van der Waals surface area contributed by atoms with Gasteiger partial charge in [0.05, 0.1) is 4.47 Å². The van der Waals surface area contributed by atoms with Crippen LogP contribution in [0.5, 0.6) is 5.75 Å². The van der Waals surface area contributed by atoms with Crippen LogP contribution in [0.1, 0.15) is 18.1 Å². The maximum Gasteiger partial charge on any atom is 0.136 e. The van der Waals surface area contributed by atoms with Crippen LogP contribution in [0.4, 0.5) is 4.39 Å². The Kier molecular flexibility index (Phi) is 5.56. The molecule has 2 rings (SSSR count). The molecule has 0 amide bonds. The summed E-state index contributed by atoms with van der Waals surface area (Å²) in [6, 6.07) is 12.6. The van der Waals surface area contributed by atoms with Crippen LogP contribution < -0.4 is 10.1 Å². The first kappa shape index (κ1) is 15.0. The molecule has 20 heavy (non-hydrogen) atoms. The SMILES string of the molecule is CCNCc1cccc(COc2cc(F)ccc2Br)c1. The van der Waals surface area contributed by atoms with Gasteiger partial charge in [-0.1, -0.05) is 31.2 Å². The summed E-state index contributed by atoms with van der Waals surface area (Å²) in [6.07, 6.45) is 0. The number of rotatable bonds is 6. The Bertz CT molecular complexity index is 574. The van der Waals surface area contributed by atoms with Crippen LogP contribution in [0.3, 0.4) is 0 Å². The topological polar surface area (TPSA) is 21.3 Å². The third-order valence-corrected chi connectivity index (χ3v) is 3.51. The average molecular weight is 338 g/mol. The summed E-state index contributed by atoms with van der Waals surface area (Å²) in [5, 5.41) is 3.28. The lowest BCUT2D eigenvalue weighted by atomic mass is 10.1. The maximum absolute atomic E-state index is 13.2. The van der Waals surface area contributed by atoms with E-state index in [0.717, 1.165) is 23.1 Å². The monoisotopic (exact) mass is 337 g/mol. The van der Waals surface area contributed by atoms with Gasteiger partial charge in [-0.3, -0.25) is 0 Å². The van der Waals surface area contributed by atoms with Crippen LogP contribution in [0.2, 0.25) is 0 Å². The second kappa shape index (κ2) is 7.41. The third kappa shape index (κ3) is 4.32. The number of hydrogen-bond acceptors (Lipinski definition) is 2. The fraction of sp³-hybridized carbons (Fsp3) is 0.250. The smallest absolute Gasteiger partial charge is 0.136 e. The van der Waals surface area contributed by atoms with E-state index in [-0.39, 0.29) is 5.82 Å². The highest BCUT2D eigenvalue weighted by molar-refractivity contribution is 9.10. The predicted octanol–water partition coefficient (Wildman–Crippen LogP) is 4.28. The van der Waals surface area contributed by atoms with Gasteiger partial charge in [-0.2, -0.15) is 0 Å². The van der Waals surface area contributed by atoms with Gasteiger partial charge in [0.1, 0.15) is 18.2 Å². The number of halogens is 2. The van der Waals surface area contributed by atoms with Gasteiger partial charge in [-0.05, 0) is 45.7 Å². The normalized spacial score (nSPS) is 10.6. The maximum atomic E-state index is 13.2. The second-order valence-electron chi connectivity index (χ2n) is 4.46. The molecule has 0 bridgehead atoms. The van der Waals surface area contributed by atoms with Crippen LogP contribution in [0, 0.1) is 5.82 Å². The lowest BCUT2D eigenvalue weighted by molar-refractivity contribution is 0.302. The predicted molar refractivity (Wildman–Crippen MR) is 82.3 cm³/mol. The molecule has 2 aromatic rings. The van der Waals surface area contributed by atoms with Crippen molar-refractivity contribution >= 4 is 15.9 Å². The van der Waals surface area contributed by atoms with Gasteiger partial charge in [-0.25, -0.2) is 4.39 Å². The van der Waals surface area contributed by atoms with Crippen molar-refractivity contribution in [2.45, 2.75) is 20.1 Å². The number of benzene rings is 2. The van der Waals surface area contributed by atoms with Crippen molar-refractivity contribution < 1.29 is 9.13 Å². The molecule has 4 heteroatoms. The minimum absolute atomic E-state index is 0.302. The molecule has 0 aliphatic carbocycles. The summed E-state index contributed by atoms with van der Waals surface area (Å²) < 4.78 is 19.6. The first-order valence-electron chi connectivity index (χ1n) is 6.55. The zero-order valence-corrected chi connectivity index (χ0v) is 12.9. The molecule has 2 nitrogen and oxygen atoms in total. The Balaban J connectivity index is 2.01. The summed E-state index contributed by atoms with van der Waals surface area (Å²) in [4.78, 5) is 0. The van der Waals surface area contributed by atoms with Gasteiger partial charge in [-0.15, -0.1) is 0 Å². The van der Waals surface area contributed by atoms with E-state index >= 15 is 0 Å². The zero-order chi connectivity index (χ0) is 14.4. The number of ether oxygens (including phenoxy) is 1. The fourth-order valence-corrected chi connectivity index (χ4v) is 2.21. The molecule has 0 aliphatic heterocycles. The van der Waals surface area contributed by atoms with E-state index in [1.165, 1.54) is 17.7 Å². The third-order valence-electron chi connectivity index (χ3n) is 2.86. The summed E-state index contributed by atoms with van der Waals surface area (Å²) in [7, 11) is 0. The van der Waals surface area contributed by atoms with Crippen molar-refractivity contribution in [3.05, 3.63) is 63.9 Å². The summed E-state index contributed by atoms with van der Waals surface area (Å²) >= 11 is 3.35. The molecule has 1 N–H and O–H groups in total. The van der Waals surface area contributed by atoms with Gasteiger partial charge in [0.2, 0.25) is 0 Å². The first-order chi connectivity index (χ1) is 9.69. The quantitative estimate of drug-likeness (QED) is 0.849. The van der Waals surface area contributed by atoms with Crippen molar-refractivity contribution in [3.63, 3.8) is 0 Å². The van der Waals surface area contributed by atoms with Crippen molar-refractivity contribution in [2.75, 3.05) is 6.54 Å². The van der Waals surface area contributed by atoms with Gasteiger partial charge < -0.3 is 10.1 Å². The molecule has 0 radical (unpaired) electrons. The molecule has 0 aliphatic rings. The van der Waals surface area contributed by atoms with E-state index in [9.17, 15) is 4.39 Å². The second-order valence-corrected chi connectivity index (χ2v) is 5.32. The Morgan fingerprint density at radius 3 is 2.75 bits per heavy atom. The molecule has 0 fully saturated rings. The zero-order valence-electron chi connectivity index (χ0n) is 11.3. The molecule has 0 aromatic heterocycles. The summed E-state index contributed by atoms with van der Waals surface area (Å²) in [5.74, 6) is 0.214. The fourth-order valence-electron chi connectivity index (χ4n) is 1.85. The van der Waals surface area contributed by atoms with Crippen LogP contribution in [0.15, 0.2) is 46.9 Å². The number of hydrogen-bond donors (Lipinski definition) is 1. The van der Waals surface area contributed by atoms with E-state index in [0.29, 0.717) is 12.4 Å². The van der Waals surface area contributed by atoms with Gasteiger partial charge in [0.15, 0.2) is 0 Å². The number of nitrogens with one attached hydrogen (secondary N) is 1. The standard InChI is InChI=1S/C16H17BrFNO/c1-2-19-10-12-4-3-5-13(8-12)11-20-16-9-14(18)6-7-15(16)17/h3-9,19H,2,10-11H2,1H3. The summed E-state index contributed by atoms with van der Waals surface area (Å²) in [5.41, 5.74) is 2.28. The van der Waals surface area contributed by atoms with Crippen LogP contribution in [0.25, 0.3) is 0 Å². The van der Waals surface area contributed by atoms with Gasteiger partial charge >= 0.3 is 0 Å². The Morgan fingerprint density at radius 1 is 1.15 bits per heavy atom. The highest BCUT2D eigenvalue weighted by Gasteiger charge is 2.04. The van der Waals surface area contributed by atoms with E-state index in [1.807, 2.05) is 12.1 Å². The molecule has 0 spiro atoms. The van der Waals surface area contributed by atoms with Gasteiger partial charge in [0.25, 0.3) is 0 Å². The minimum atomic E-state index is -0.302. The molecular formula is C16H17BrFNO. The van der Waals surface area contributed by atoms with Crippen LogP contribution in [-0.2, 0) is 13.2 Å². The molecule has 0 heterocycles. The van der Waals surface area contributed by atoms with Crippen LogP contribution in [-0.4, -0.2) is 6.54 Å². The molecule has 0 saturated heterocycles. The van der Waals surface area contributed by atoms with E-state index in [4.69, 9.17) is 4.74 Å². The molecule has 0 saturated carbocycles. The molecule has 106 valence electrons. The largest absolute Gasteiger partial charge is 0.488 e. The molecule has 0 atom stereocenters. The Morgan fingerprint density at radius 2 is 1.95 bits per heavy atom. The Labute approximate surface area is 127 Å².